The fourth-order valence-electron chi connectivity index (χ4n) is 5.93. The molecule has 5 rings (SSSR count). The molecule has 2 aromatic carbocycles. The Balaban J connectivity index is 1.52. The van der Waals surface area contributed by atoms with Gasteiger partial charge in [-0.15, -0.1) is 0 Å². The second kappa shape index (κ2) is 7.54. The van der Waals surface area contributed by atoms with E-state index in [9.17, 15) is 27.6 Å². The molecule has 0 radical (unpaired) electrons. The maximum absolute atomic E-state index is 13.6. The number of amides is 3. The summed E-state index contributed by atoms with van der Waals surface area (Å²) in [5.41, 5.74) is 2.09. The molecule has 3 heterocycles. The van der Waals surface area contributed by atoms with E-state index >= 15 is 0 Å². The summed E-state index contributed by atoms with van der Waals surface area (Å²) in [6.07, 6.45) is -4.83. The molecule has 3 aliphatic rings. The number of anilines is 2. The molecule has 2 N–H and O–H groups in total. The third kappa shape index (κ3) is 3.36. The summed E-state index contributed by atoms with van der Waals surface area (Å²) in [6.45, 7) is 3.82. The smallest absolute Gasteiger partial charge is 0.366 e. The van der Waals surface area contributed by atoms with Gasteiger partial charge < -0.3 is 15.4 Å². The van der Waals surface area contributed by atoms with Crippen LogP contribution in [0.5, 0.6) is 0 Å². The number of hydrogen-bond donors (Lipinski definition) is 1. The molecular formula is C25H21F3N4O4. The molecule has 2 aromatic rings. The Kier molecular flexibility index (Phi) is 4.99. The molecular weight excluding hydrogens is 477 g/mol. The Morgan fingerprint density at radius 3 is 2.19 bits per heavy atom. The van der Waals surface area contributed by atoms with Crippen molar-refractivity contribution in [3.8, 4) is 6.07 Å². The molecule has 3 aliphatic heterocycles. The molecule has 0 aliphatic carbocycles. The second-order valence-corrected chi connectivity index (χ2v) is 9.80. The van der Waals surface area contributed by atoms with E-state index in [-0.39, 0.29) is 18.8 Å². The summed E-state index contributed by atoms with van der Waals surface area (Å²) in [7, 11) is 0. The lowest BCUT2D eigenvalue weighted by Crippen LogP contribution is -2.58. The average molecular weight is 498 g/mol. The maximum atomic E-state index is 13.6. The number of halogens is 3. The van der Waals surface area contributed by atoms with Gasteiger partial charge in [-0.05, 0) is 50.2 Å². The van der Waals surface area contributed by atoms with Crippen molar-refractivity contribution in [2.45, 2.75) is 31.2 Å². The van der Waals surface area contributed by atoms with Gasteiger partial charge in [-0.2, -0.15) is 18.4 Å². The highest BCUT2D eigenvalue weighted by atomic mass is 19.4. The normalized spacial score (nSPS) is 29.3. The van der Waals surface area contributed by atoms with E-state index in [1.54, 1.807) is 38.1 Å². The first kappa shape index (κ1) is 23.8. The number of alkyl halides is 3. The minimum atomic E-state index is -4.83. The number of benzene rings is 2. The second-order valence-electron chi connectivity index (χ2n) is 9.80. The van der Waals surface area contributed by atoms with Gasteiger partial charge in [0.2, 0.25) is 17.7 Å². The van der Waals surface area contributed by atoms with Crippen LogP contribution in [-0.2, 0) is 20.5 Å². The zero-order valence-electron chi connectivity index (χ0n) is 19.3. The van der Waals surface area contributed by atoms with Gasteiger partial charge in [-0.25, -0.2) is 4.90 Å². The van der Waals surface area contributed by atoms with E-state index < -0.39 is 58.1 Å². The van der Waals surface area contributed by atoms with Crippen LogP contribution in [0.25, 0.3) is 0 Å². The summed E-state index contributed by atoms with van der Waals surface area (Å²) in [5.74, 6) is -3.75. The lowest BCUT2D eigenvalue weighted by atomic mass is 9.79. The highest BCUT2D eigenvalue weighted by Crippen LogP contribution is 2.56. The van der Waals surface area contributed by atoms with Crippen LogP contribution < -0.4 is 15.5 Å². The molecule has 3 amide bonds. The molecule has 2 bridgehead atoms. The molecule has 0 spiro atoms. The standard InChI is InChI=1S/C25H21F3N4O4/c1-23-11-31(15-5-3-4-13(8-15)20(30)33)12-24(2,36-23)19-18(23)21(34)32(22(19)35)16-7-6-14(10-29)17(9-16)25(26,27)28/h3-9,18-19H,11-12H2,1-2H3,(H2,30,33)/t18-,19+,23-,24+. The third-order valence-electron chi connectivity index (χ3n) is 7.28. The summed E-state index contributed by atoms with van der Waals surface area (Å²) in [4.78, 5) is 41.5. The van der Waals surface area contributed by atoms with Crippen LogP contribution in [0.3, 0.4) is 0 Å². The van der Waals surface area contributed by atoms with Gasteiger partial charge in [-0.1, -0.05) is 6.07 Å². The van der Waals surface area contributed by atoms with E-state index in [2.05, 4.69) is 0 Å². The van der Waals surface area contributed by atoms with Crippen LogP contribution in [0.1, 0.15) is 35.3 Å². The van der Waals surface area contributed by atoms with Gasteiger partial charge in [-0.3, -0.25) is 14.4 Å². The number of primary amides is 1. The third-order valence-corrected chi connectivity index (χ3v) is 7.28. The topological polar surface area (TPSA) is 117 Å². The molecule has 8 nitrogen and oxygen atoms in total. The minimum absolute atomic E-state index is 0.208. The first-order chi connectivity index (χ1) is 16.8. The number of carbonyl (C=O) groups excluding carboxylic acids is 3. The quantitative estimate of drug-likeness (QED) is 0.651. The number of nitrogens with zero attached hydrogens (tertiary/aromatic N) is 3. The maximum Gasteiger partial charge on any atom is 0.417 e. The Morgan fingerprint density at radius 1 is 1.06 bits per heavy atom. The van der Waals surface area contributed by atoms with Crippen LogP contribution in [0, 0.1) is 23.2 Å². The lowest BCUT2D eigenvalue weighted by molar-refractivity contribution is -0.142. The van der Waals surface area contributed by atoms with Crippen molar-refractivity contribution in [1.82, 2.24) is 0 Å². The van der Waals surface area contributed by atoms with Gasteiger partial charge in [0.05, 0.1) is 45.9 Å². The Hall–Kier alpha value is -3.91. The molecule has 36 heavy (non-hydrogen) atoms. The number of nitriles is 1. The zero-order valence-corrected chi connectivity index (χ0v) is 19.3. The van der Waals surface area contributed by atoms with E-state index in [0.717, 1.165) is 11.0 Å². The van der Waals surface area contributed by atoms with Crippen molar-refractivity contribution in [3.05, 3.63) is 59.2 Å². The highest BCUT2D eigenvalue weighted by molar-refractivity contribution is 6.23. The molecule has 0 unspecified atom stereocenters. The summed E-state index contributed by atoms with van der Waals surface area (Å²) in [6, 6.07) is 11.0. The summed E-state index contributed by atoms with van der Waals surface area (Å²) >= 11 is 0. The predicted molar refractivity (Wildman–Crippen MR) is 121 cm³/mol. The van der Waals surface area contributed by atoms with Crippen molar-refractivity contribution in [2.24, 2.45) is 17.6 Å². The van der Waals surface area contributed by atoms with E-state index in [1.165, 1.54) is 12.1 Å². The van der Waals surface area contributed by atoms with E-state index in [0.29, 0.717) is 17.3 Å². The number of nitrogens with two attached hydrogens (primary N) is 1. The van der Waals surface area contributed by atoms with Crippen LogP contribution in [0.2, 0.25) is 0 Å². The highest BCUT2D eigenvalue weighted by Gasteiger charge is 2.71. The van der Waals surface area contributed by atoms with Gasteiger partial charge >= 0.3 is 6.18 Å². The number of fused-ring (bicyclic) bond motifs is 5. The van der Waals surface area contributed by atoms with Crippen LogP contribution in [0.15, 0.2) is 42.5 Å². The predicted octanol–water partition coefficient (Wildman–Crippen LogP) is 2.85. The Morgan fingerprint density at radius 2 is 1.67 bits per heavy atom. The van der Waals surface area contributed by atoms with Crippen molar-refractivity contribution in [1.29, 1.82) is 5.26 Å². The van der Waals surface area contributed by atoms with Crippen LogP contribution in [0.4, 0.5) is 24.5 Å². The number of hydrogen-bond acceptors (Lipinski definition) is 6. The van der Waals surface area contributed by atoms with Crippen molar-refractivity contribution in [3.63, 3.8) is 0 Å². The van der Waals surface area contributed by atoms with Gasteiger partial charge in [0, 0.05) is 24.3 Å². The van der Waals surface area contributed by atoms with E-state index in [4.69, 9.17) is 15.7 Å². The fourth-order valence-corrected chi connectivity index (χ4v) is 5.93. The Labute approximate surface area is 204 Å². The zero-order chi connectivity index (χ0) is 26.2. The summed E-state index contributed by atoms with van der Waals surface area (Å²) < 4.78 is 46.9. The van der Waals surface area contributed by atoms with Gasteiger partial charge in [0.1, 0.15) is 0 Å². The van der Waals surface area contributed by atoms with Crippen LogP contribution in [-0.4, -0.2) is 42.0 Å². The molecule has 3 fully saturated rings. The number of imide groups is 1. The Bertz CT molecular complexity index is 1330. The monoisotopic (exact) mass is 498 g/mol. The largest absolute Gasteiger partial charge is 0.417 e. The van der Waals surface area contributed by atoms with Crippen molar-refractivity contribution in [2.75, 3.05) is 22.9 Å². The lowest BCUT2D eigenvalue weighted by Gasteiger charge is -2.46. The molecule has 186 valence electrons. The van der Waals surface area contributed by atoms with Gasteiger partial charge in [0.15, 0.2) is 0 Å². The fraction of sp³-hybridized carbons (Fsp3) is 0.360. The number of rotatable bonds is 3. The minimum Gasteiger partial charge on any atom is -0.366 e. The number of ether oxygens (including phenoxy) is 1. The molecule has 11 heteroatoms. The number of morpholine rings is 1. The SMILES string of the molecule is C[C@]12CN(c3cccc(C(N)=O)c3)C[C@](C)(O1)[C@@H]1C(=O)N(c3ccc(C#N)c(C(F)(F)F)c3)C(=O)[C@@H]12. The van der Waals surface area contributed by atoms with Crippen LogP contribution >= 0.6 is 0 Å². The molecule has 0 aromatic heterocycles. The average Bonchev–Trinajstić information content (AvgIpc) is 3.18. The number of carbonyl (C=O) groups is 3. The molecule has 3 saturated heterocycles. The first-order valence-electron chi connectivity index (χ1n) is 11.1. The van der Waals surface area contributed by atoms with E-state index in [1.807, 2.05) is 4.90 Å². The van der Waals surface area contributed by atoms with Crippen molar-refractivity contribution >= 4 is 29.1 Å². The van der Waals surface area contributed by atoms with Crippen molar-refractivity contribution < 1.29 is 32.3 Å². The molecule has 4 atom stereocenters. The van der Waals surface area contributed by atoms with Gasteiger partial charge in [0.25, 0.3) is 0 Å². The summed E-state index contributed by atoms with van der Waals surface area (Å²) in [5, 5.41) is 9.07. The first-order valence-corrected chi connectivity index (χ1v) is 11.1. The molecule has 0 saturated carbocycles.